The van der Waals surface area contributed by atoms with Gasteiger partial charge in [-0.2, -0.15) is 5.10 Å². The molecular formula is C11H19N3O2S. The zero-order valence-electron chi connectivity index (χ0n) is 10.3. The van der Waals surface area contributed by atoms with Crippen molar-refractivity contribution in [2.24, 2.45) is 7.05 Å². The van der Waals surface area contributed by atoms with E-state index >= 15 is 0 Å². The average molecular weight is 257 g/mol. The molecule has 2 rings (SSSR count). The van der Waals surface area contributed by atoms with Crippen molar-refractivity contribution < 1.29 is 8.42 Å². The van der Waals surface area contributed by atoms with Gasteiger partial charge in [-0.3, -0.25) is 4.68 Å². The lowest BCUT2D eigenvalue weighted by Crippen LogP contribution is -2.44. The van der Waals surface area contributed by atoms with Crippen molar-refractivity contribution in [2.45, 2.75) is 25.3 Å². The first-order valence-corrected chi connectivity index (χ1v) is 7.65. The Balaban J connectivity index is 1.85. The molecule has 1 unspecified atom stereocenters. The molecule has 1 N–H and O–H groups in total. The molecule has 96 valence electrons. The molecule has 17 heavy (non-hydrogen) atoms. The summed E-state index contributed by atoms with van der Waals surface area (Å²) in [6.45, 7) is 2.77. The fourth-order valence-corrected chi connectivity index (χ4v) is 4.41. The van der Waals surface area contributed by atoms with Crippen molar-refractivity contribution in [3.63, 3.8) is 0 Å². The summed E-state index contributed by atoms with van der Waals surface area (Å²) in [5, 5.41) is 7.46. The van der Waals surface area contributed by atoms with Crippen LogP contribution < -0.4 is 5.32 Å². The molecule has 1 fully saturated rings. The highest BCUT2D eigenvalue weighted by Crippen LogP contribution is 2.22. The summed E-state index contributed by atoms with van der Waals surface area (Å²) in [4.78, 5) is 0. The van der Waals surface area contributed by atoms with Gasteiger partial charge in [0.15, 0.2) is 9.84 Å². The van der Waals surface area contributed by atoms with E-state index in [0.29, 0.717) is 12.2 Å². The van der Waals surface area contributed by atoms with Crippen LogP contribution in [0, 0.1) is 0 Å². The lowest BCUT2D eigenvalue weighted by Gasteiger charge is -2.23. The number of aromatic nitrogens is 2. The van der Waals surface area contributed by atoms with E-state index in [1.807, 2.05) is 24.7 Å². The van der Waals surface area contributed by atoms with E-state index in [1.54, 1.807) is 6.20 Å². The quantitative estimate of drug-likeness (QED) is 0.833. The van der Waals surface area contributed by atoms with Gasteiger partial charge in [-0.05, 0) is 19.4 Å². The largest absolute Gasteiger partial charge is 0.310 e. The van der Waals surface area contributed by atoms with E-state index in [4.69, 9.17) is 0 Å². The molecule has 1 aromatic rings. The van der Waals surface area contributed by atoms with E-state index < -0.39 is 9.84 Å². The van der Waals surface area contributed by atoms with Crippen LogP contribution in [-0.4, -0.2) is 41.8 Å². The Kier molecular flexibility index (Phi) is 3.27. The molecule has 2 heterocycles. The van der Waals surface area contributed by atoms with Crippen molar-refractivity contribution in [3.8, 4) is 0 Å². The number of hydrogen-bond acceptors (Lipinski definition) is 4. The Morgan fingerprint density at radius 1 is 1.59 bits per heavy atom. The minimum Gasteiger partial charge on any atom is -0.310 e. The Morgan fingerprint density at radius 3 is 2.88 bits per heavy atom. The van der Waals surface area contributed by atoms with Crippen LogP contribution in [0.1, 0.15) is 19.0 Å². The maximum Gasteiger partial charge on any atom is 0.152 e. The summed E-state index contributed by atoms with van der Waals surface area (Å²) >= 11 is 0. The average Bonchev–Trinajstić information content (AvgIpc) is 2.72. The van der Waals surface area contributed by atoms with Gasteiger partial charge in [0.25, 0.3) is 0 Å². The molecule has 0 saturated carbocycles. The van der Waals surface area contributed by atoms with Crippen LogP contribution >= 0.6 is 0 Å². The van der Waals surface area contributed by atoms with Crippen LogP contribution in [0.5, 0.6) is 0 Å². The summed E-state index contributed by atoms with van der Waals surface area (Å²) in [7, 11) is -0.913. The van der Waals surface area contributed by atoms with Crippen molar-refractivity contribution in [3.05, 3.63) is 18.0 Å². The van der Waals surface area contributed by atoms with Crippen LogP contribution in [-0.2, 0) is 23.3 Å². The highest BCUT2D eigenvalue weighted by molar-refractivity contribution is 7.91. The second kappa shape index (κ2) is 4.42. The standard InChI is InChI=1S/C11H19N3O2S/c1-11(5-8-17(15,16)9-11)12-6-3-10-4-7-13-14(10)2/h4,7,12H,3,5-6,8-9H2,1-2H3. The predicted octanol–water partition coefficient (Wildman–Crippen LogP) is 0.129. The third-order valence-corrected chi connectivity index (χ3v) is 5.26. The van der Waals surface area contributed by atoms with Gasteiger partial charge in [0.2, 0.25) is 0 Å². The first-order valence-electron chi connectivity index (χ1n) is 5.83. The number of nitrogens with one attached hydrogen (secondary N) is 1. The summed E-state index contributed by atoms with van der Waals surface area (Å²) in [5.41, 5.74) is 0.902. The molecule has 0 aromatic carbocycles. The van der Waals surface area contributed by atoms with E-state index in [0.717, 1.165) is 18.7 Å². The number of aryl methyl sites for hydroxylation is 1. The van der Waals surface area contributed by atoms with Crippen molar-refractivity contribution >= 4 is 9.84 Å². The third-order valence-electron chi connectivity index (χ3n) is 3.36. The number of hydrogen-bond donors (Lipinski definition) is 1. The molecule has 1 aromatic heterocycles. The second-order valence-electron chi connectivity index (χ2n) is 5.03. The fraction of sp³-hybridized carbons (Fsp3) is 0.727. The summed E-state index contributed by atoms with van der Waals surface area (Å²) in [6.07, 6.45) is 3.35. The third kappa shape index (κ3) is 3.07. The van der Waals surface area contributed by atoms with Crippen LogP contribution in [0.4, 0.5) is 0 Å². The molecule has 6 heteroatoms. The maximum absolute atomic E-state index is 11.4. The zero-order valence-corrected chi connectivity index (χ0v) is 11.1. The second-order valence-corrected chi connectivity index (χ2v) is 7.21. The van der Waals surface area contributed by atoms with Crippen molar-refractivity contribution in [1.82, 2.24) is 15.1 Å². The van der Waals surface area contributed by atoms with Gasteiger partial charge >= 0.3 is 0 Å². The Hall–Kier alpha value is -0.880. The normalized spacial score (nSPS) is 27.4. The predicted molar refractivity (Wildman–Crippen MR) is 66.6 cm³/mol. The molecule has 1 saturated heterocycles. The molecule has 0 aliphatic carbocycles. The molecule has 0 radical (unpaired) electrons. The van der Waals surface area contributed by atoms with E-state index in [2.05, 4.69) is 10.4 Å². The van der Waals surface area contributed by atoms with Gasteiger partial charge in [0, 0.05) is 37.4 Å². The van der Waals surface area contributed by atoms with Crippen LogP contribution in [0.3, 0.4) is 0 Å². The van der Waals surface area contributed by atoms with Gasteiger partial charge in [-0.25, -0.2) is 8.42 Å². The summed E-state index contributed by atoms with van der Waals surface area (Å²) in [6, 6.07) is 1.98. The fourth-order valence-electron chi connectivity index (χ4n) is 2.29. The Morgan fingerprint density at radius 2 is 2.35 bits per heavy atom. The maximum atomic E-state index is 11.4. The number of nitrogens with zero attached hydrogens (tertiary/aromatic N) is 2. The van der Waals surface area contributed by atoms with Crippen LogP contribution in [0.25, 0.3) is 0 Å². The van der Waals surface area contributed by atoms with E-state index in [1.165, 1.54) is 0 Å². The van der Waals surface area contributed by atoms with E-state index in [9.17, 15) is 8.42 Å². The van der Waals surface area contributed by atoms with Gasteiger partial charge in [0.05, 0.1) is 11.5 Å². The summed E-state index contributed by atoms with van der Waals surface area (Å²) < 4.78 is 24.7. The Labute approximate surface area is 102 Å². The van der Waals surface area contributed by atoms with Crippen LogP contribution in [0.2, 0.25) is 0 Å². The number of sulfone groups is 1. The highest BCUT2D eigenvalue weighted by Gasteiger charge is 2.37. The smallest absolute Gasteiger partial charge is 0.152 e. The van der Waals surface area contributed by atoms with Gasteiger partial charge in [-0.1, -0.05) is 0 Å². The van der Waals surface area contributed by atoms with Gasteiger partial charge < -0.3 is 5.32 Å². The Bertz CT molecular complexity index is 495. The van der Waals surface area contributed by atoms with Crippen molar-refractivity contribution in [2.75, 3.05) is 18.1 Å². The molecule has 0 spiro atoms. The topological polar surface area (TPSA) is 64.0 Å². The molecule has 0 bridgehead atoms. The molecular weight excluding hydrogens is 238 g/mol. The first-order chi connectivity index (χ1) is 7.90. The lowest BCUT2D eigenvalue weighted by atomic mass is 10.0. The number of rotatable bonds is 4. The first kappa shape index (κ1) is 12.6. The summed E-state index contributed by atoms with van der Waals surface area (Å²) in [5.74, 6) is 0.563. The monoisotopic (exact) mass is 257 g/mol. The zero-order chi connectivity index (χ0) is 12.5. The van der Waals surface area contributed by atoms with E-state index in [-0.39, 0.29) is 11.3 Å². The molecule has 0 amide bonds. The minimum atomic E-state index is -2.83. The minimum absolute atomic E-state index is 0.253. The molecule has 1 aliphatic rings. The lowest BCUT2D eigenvalue weighted by molar-refractivity contribution is 0.398. The highest BCUT2D eigenvalue weighted by atomic mass is 32.2. The van der Waals surface area contributed by atoms with Crippen LogP contribution in [0.15, 0.2) is 12.3 Å². The molecule has 1 atom stereocenters. The van der Waals surface area contributed by atoms with Gasteiger partial charge in [0.1, 0.15) is 0 Å². The molecule has 5 nitrogen and oxygen atoms in total. The SMILES string of the molecule is Cn1nccc1CCNC1(C)CCS(=O)(=O)C1. The van der Waals surface area contributed by atoms with Gasteiger partial charge in [-0.15, -0.1) is 0 Å². The molecule has 1 aliphatic heterocycles. The van der Waals surface area contributed by atoms with Crippen molar-refractivity contribution in [1.29, 1.82) is 0 Å².